The van der Waals surface area contributed by atoms with Crippen LogP contribution in [0, 0.1) is 0 Å². The van der Waals surface area contributed by atoms with E-state index in [1.54, 1.807) is 49.5 Å². The zero-order valence-electron chi connectivity index (χ0n) is 14.7. The number of hydrogen-bond donors (Lipinski definition) is 2. The Kier molecular flexibility index (Phi) is 4.62. The van der Waals surface area contributed by atoms with Crippen LogP contribution in [-0.2, 0) is 7.05 Å². The van der Waals surface area contributed by atoms with Crippen LogP contribution in [0.1, 0.15) is 20.8 Å². The van der Waals surface area contributed by atoms with Gasteiger partial charge >= 0.3 is 0 Å². The second-order valence-electron chi connectivity index (χ2n) is 5.99. The molecule has 1 aliphatic rings. The molecule has 0 bridgehead atoms. The van der Waals surface area contributed by atoms with Gasteiger partial charge in [0.05, 0.1) is 10.6 Å². The van der Waals surface area contributed by atoms with Gasteiger partial charge in [0.25, 0.3) is 11.8 Å². The van der Waals surface area contributed by atoms with Gasteiger partial charge in [-0.05, 0) is 24.3 Å². The van der Waals surface area contributed by atoms with E-state index in [0.717, 1.165) is 0 Å². The van der Waals surface area contributed by atoms with Gasteiger partial charge in [0.1, 0.15) is 5.82 Å². The third kappa shape index (κ3) is 3.49. The molecule has 1 aliphatic heterocycles. The molecule has 2 heterocycles. The van der Waals surface area contributed by atoms with Gasteiger partial charge in [-0.3, -0.25) is 14.3 Å². The number of rotatable bonds is 4. The lowest BCUT2D eigenvalue weighted by Crippen LogP contribution is -2.14. The van der Waals surface area contributed by atoms with Gasteiger partial charge in [-0.15, -0.1) is 0 Å². The number of carbonyl (C=O) groups excluding carboxylic acids is 2. The third-order valence-electron chi connectivity index (χ3n) is 4.10. The van der Waals surface area contributed by atoms with Crippen molar-refractivity contribution < 1.29 is 19.1 Å². The van der Waals surface area contributed by atoms with E-state index in [1.165, 1.54) is 10.7 Å². The summed E-state index contributed by atoms with van der Waals surface area (Å²) in [5, 5.41) is 9.92. The number of benzene rings is 2. The van der Waals surface area contributed by atoms with Crippen LogP contribution in [0.5, 0.6) is 11.5 Å². The van der Waals surface area contributed by atoms with E-state index in [0.29, 0.717) is 33.6 Å². The smallest absolute Gasteiger partial charge is 0.276 e. The summed E-state index contributed by atoms with van der Waals surface area (Å²) in [6, 6.07) is 13.3. The third-order valence-corrected chi connectivity index (χ3v) is 4.43. The van der Waals surface area contributed by atoms with Crippen LogP contribution in [0.25, 0.3) is 0 Å². The molecular weight excluding hydrogens is 384 g/mol. The number of nitrogens with one attached hydrogen (secondary N) is 2. The van der Waals surface area contributed by atoms with Gasteiger partial charge in [0.2, 0.25) is 6.79 Å². The average molecular weight is 399 g/mol. The predicted octanol–water partition coefficient (Wildman–Crippen LogP) is 3.31. The monoisotopic (exact) mass is 398 g/mol. The highest BCUT2D eigenvalue weighted by Crippen LogP contribution is 2.34. The molecule has 1 aromatic heterocycles. The van der Waals surface area contributed by atoms with Gasteiger partial charge in [0.15, 0.2) is 17.2 Å². The summed E-state index contributed by atoms with van der Waals surface area (Å²) in [6.07, 6.45) is 0. The summed E-state index contributed by atoms with van der Waals surface area (Å²) < 4.78 is 11.9. The largest absolute Gasteiger partial charge is 0.454 e. The van der Waals surface area contributed by atoms with Crippen molar-refractivity contribution in [1.82, 2.24) is 9.78 Å². The molecule has 8 nitrogen and oxygen atoms in total. The van der Waals surface area contributed by atoms with Crippen molar-refractivity contribution >= 4 is 34.9 Å². The molecule has 0 spiro atoms. The zero-order valence-corrected chi connectivity index (χ0v) is 15.5. The number of anilines is 2. The van der Waals surface area contributed by atoms with Crippen molar-refractivity contribution in [2.75, 3.05) is 17.4 Å². The fourth-order valence-corrected chi connectivity index (χ4v) is 2.92. The first kappa shape index (κ1) is 17.9. The first-order valence-electron chi connectivity index (χ1n) is 8.32. The summed E-state index contributed by atoms with van der Waals surface area (Å²) in [5.41, 5.74) is 1.02. The summed E-state index contributed by atoms with van der Waals surface area (Å²) in [7, 11) is 1.62. The molecule has 0 unspecified atom stereocenters. The molecule has 28 heavy (non-hydrogen) atoms. The van der Waals surface area contributed by atoms with Crippen LogP contribution in [0.15, 0.2) is 48.5 Å². The standard InChI is InChI=1S/C19H15ClN4O4/c1-24-17(22-18(25)12-4-2-3-5-13(12)20)9-14(23-24)19(26)21-11-6-7-15-16(8-11)28-10-27-15/h2-9H,10H2,1H3,(H,21,26)(H,22,25). The Bertz CT molecular complexity index is 1080. The molecule has 2 amide bonds. The van der Waals surface area contributed by atoms with Crippen molar-refractivity contribution in [3.8, 4) is 11.5 Å². The molecule has 0 atom stereocenters. The quantitative estimate of drug-likeness (QED) is 0.703. The van der Waals surface area contributed by atoms with Gasteiger partial charge in [-0.1, -0.05) is 23.7 Å². The maximum Gasteiger partial charge on any atom is 0.276 e. The zero-order chi connectivity index (χ0) is 19.7. The Morgan fingerprint density at radius 1 is 1.04 bits per heavy atom. The van der Waals surface area contributed by atoms with Crippen molar-refractivity contribution in [3.63, 3.8) is 0 Å². The Morgan fingerprint density at radius 3 is 2.64 bits per heavy atom. The number of aromatic nitrogens is 2. The minimum atomic E-state index is -0.423. The average Bonchev–Trinajstić information content (AvgIpc) is 3.28. The van der Waals surface area contributed by atoms with E-state index in [1.807, 2.05) is 0 Å². The lowest BCUT2D eigenvalue weighted by atomic mass is 10.2. The highest BCUT2D eigenvalue weighted by atomic mass is 35.5. The number of carbonyl (C=O) groups is 2. The molecular formula is C19H15ClN4O4. The predicted molar refractivity (Wildman–Crippen MR) is 103 cm³/mol. The summed E-state index contributed by atoms with van der Waals surface area (Å²) >= 11 is 6.04. The van der Waals surface area contributed by atoms with Gasteiger partial charge in [-0.2, -0.15) is 5.10 Å². The fourth-order valence-electron chi connectivity index (χ4n) is 2.69. The Hall–Kier alpha value is -3.52. The first-order valence-corrected chi connectivity index (χ1v) is 8.70. The van der Waals surface area contributed by atoms with Crippen molar-refractivity contribution in [1.29, 1.82) is 0 Å². The molecule has 2 aromatic carbocycles. The maximum atomic E-state index is 12.5. The SMILES string of the molecule is Cn1nc(C(=O)Nc2ccc3c(c2)OCO3)cc1NC(=O)c1ccccc1Cl. The summed E-state index contributed by atoms with van der Waals surface area (Å²) in [4.78, 5) is 24.9. The van der Waals surface area contributed by atoms with E-state index in [9.17, 15) is 9.59 Å². The normalized spacial score (nSPS) is 11.9. The number of amides is 2. The van der Waals surface area contributed by atoms with Crippen LogP contribution in [-0.4, -0.2) is 28.4 Å². The topological polar surface area (TPSA) is 94.5 Å². The molecule has 4 rings (SSSR count). The van der Waals surface area contributed by atoms with Crippen LogP contribution in [0.4, 0.5) is 11.5 Å². The van der Waals surface area contributed by atoms with Gasteiger partial charge < -0.3 is 20.1 Å². The van der Waals surface area contributed by atoms with Crippen molar-refractivity contribution in [2.45, 2.75) is 0 Å². The van der Waals surface area contributed by atoms with Gasteiger partial charge in [-0.25, -0.2) is 0 Å². The van der Waals surface area contributed by atoms with E-state index in [2.05, 4.69) is 15.7 Å². The minimum Gasteiger partial charge on any atom is -0.454 e. The Labute approximate surface area is 165 Å². The molecule has 0 fully saturated rings. The van der Waals surface area contributed by atoms with Crippen LogP contribution in [0.2, 0.25) is 5.02 Å². The van der Waals surface area contributed by atoms with Crippen LogP contribution in [0.3, 0.4) is 0 Å². The molecule has 3 aromatic rings. The van der Waals surface area contributed by atoms with Crippen LogP contribution < -0.4 is 20.1 Å². The second-order valence-corrected chi connectivity index (χ2v) is 6.40. The van der Waals surface area contributed by atoms with Crippen LogP contribution >= 0.6 is 11.6 Å². The maximum absolute atomic E-state index is 12.5. The first-order chi connectivity index (χ1) is 13.5. The number of aryl methyl sites for hydroxylation is 1. The second kappa shape index (κ2) is 7.24. The molecule has 0 saturated heterocycles. The van der Waals surface area contributed by atoms with E-state index in [4.69, 9.17) is 21.1 Å². The molecule has 9 heteroatoms. The van der Waals surface area contributed by atoms with E-state index < -0.39 is 11.8 Å². The Balaban J connectivity index is 1.48. The highest BCUT2D eigenvalue weighted by molar-refractivity contribution is 6.34. The minimum absolute atomic E-state index is 0.148. The number of nitrogens with zero attached hydrogens (tertiary/aromatic N) is 2. The molecule has 0 radical (unpaired) electrons. The lowest BCUT2D eigenvalue weighted by Gasteiger charge is -2.06. The lowest BCUT2D eigenvalue weighted by molar-refractivity contribution is 0.101. The van der Waals surface area contributed by atoms with Crippen molar-refractivity contribution in [3.05, 3.63) is 64.8 Å². The number of hydrogen-bond acceptors (Lipinski definition) is 5. The molecule has 142 valence electrons. The van der Waals surface area contributed by atoms with E-state index >= 15 is 0 Å². The van der Waals surface area contributed by atoms with Crippen molar-refractivity contribution in [2.24, 2.45) is 7.05 Å². The Morgan fingerprint density at radius 2 is 1.82 bits per heavy atom. The fraction of sp³-hybridized carbons (Fsp3) is 0.105. The molecule has 0 saturated carbocycles. The van der Waals surface area contributed by atoms with Gasteiger partial charge in [0, 0.05) is 24.9 Å². The molecule has 2 N–H and O–H groups in total. The number of fused-ring (bicyclic) bond motifs is 1. The highest BCUT2D eigenvalue weighted by Gasteiger charge is 2.18. The molecule has 0 aliphatic carbocycles. The van der Waals surface area contributed by atoms with E-state index in [-0.39, 0.29) is 12.5 Å². The number of ether oxygens (including phenoxy) is 2. The summed E-state index contributed by atoms with van der Waals surface area (Å²) in [5.74, 6) is 0.733. The summed E-state index contributed by atoms with van der Waals surface area (Å²) in [6.45, 7) is 0.154. The number of halogens is 1.